The Balaban J connectivity index is 0.000000221. The molecule has 0 N–H and O–H groups in total. The molecule has 0 amide bonds. The van der Waals surface area contributed by atoms with Gasteiger partial charge in [0.05, 0.1) is 5.56 Å². The van der Waals surface area contributed by atoms with E-state index in [1.54, 1.807) is 0 Å². The number of aryl methyl sites for hydroxylation is 1. The Kier molecular flexibility index (Phi) is 7.59. The monoisotopic (exact) mass is 410 g/mol. The number of hydrogen-bond acceptors (Lipinski definition) is 1. The van der Waals surface area contributed by atoms with Gasteiger partial charge in [-0.15, -0.1) is 0 Å². The summed E-state index contributed by atoms with van der Waals surface area (Å²) in [6, 6.07) is 9.04. The molecule has 0 saturated carbocycles. The van der Waals surface area contributed by atoms with E-state index in [9.17, 15) is 31.1 Å². The second-order valence-corrected chi connectivity index (χ2v) is 6.06. The maximum Gasteiger partial charge on any atom is 0.332 e. The topological polar surface area (TPSA) is 17.1 Å². The quantitative estimate of drug-likeness (QED) is 0.263. The van der Waals surface area contributed by atoms with E-state index in [1.807, 2.05) is 6.92 Å². The SMILES string of the molecule is CCCc1ccc(F)c(F)c1F.O=C(F)c1ccc(-c2ccc(F)cc2)c(F)c1. The molecule has 152 valence electrons. The minimum atomic E-state index is -1.69. The average molecular weight is 410 g/mol. The molecule has 3 aromatic rings. The van der Waals surface area contributed by atoms with Gasteiger partial charge in [0, 0.05) is 5.56 Å². The summed E-state index contributed by atoms with van der Waals surface area (Å²) in [4.78, 5) is 10.4. The zero-order valence-corrected chi connectivity index (χ0v) is 15.3. The molecule has 0 unspecified atom stereocenters. The highest BCUT2D eigenvalue weighted by Crippen LogP contribution is 2.24. The molecule has 0 heterocycles. The number of rotatable bonds is 4. The van der Waals surface area contributed by atoms with Crippen LogP contribution in [-0.4, -0.2) is 6.04 Å². The van der Waals surface area contributed by atoms with Gasteiger partial charge in [-0.1, -0.05) is 37.6 Å². The first kappa shape index (κ1) is 22.2. The van der Waals surface area contributed by atoms with Gasteiger partial charge in [0.1, 0.15) is 11.6 Å². The average Bonchev–Trinajstić information content (AvgIpc) is 2.70. The van der Waals surface area contributed by atoms with Gasteiger partial charge in [-0.3, -0.25) is 4.79 Å². The van der Waals surface area contributed by atoms with E-state index in [-0.39, 0.29) is 16.7 Å². The van der Waals surface area contributed by atoms with Gasteiger partial charge in [-0.05, 0) is 47.9 Å². The summed E-state index contributed by atoms with van der Waals surface area (Å²) in [5, 5.41) is 0. The van der Waals surface area contributed by atoms with Crippen LogP contribution in [0.15, 0.2) is 54.6 Å². The highest BCUT2D eigenvalue weighted by atomic mass is 19.2. The summed E-state index contributed by atoms with van der Waals surface area (Å²) in [7, 11) is 0. The van der Waals surface area contributed by atoms with Crippen LogP contribution >= 0.6 is 0 Å². The first-order valence-corrected chi connectivity index (χ1v) is 8.62. The molecule has 1 nitrogen and oxygen atoms in total. The van der Waals surface area contributed by atoms with Crippen LogP contribution < -0.4 is 0 Å². The van der Waals surface area contributed by atoms with Crippen molar-refractivity contribution in [1.29, 1.82) is 0 Å². The van der Waals surface area contributed by atoms with E-state index in [0.29, 0.717) is 18.4 Å². The number of carbonyl (C=O) groups excluding carboxylic acids is 1. The van der Waals surface area contributed by atoms with Gasteiger partial charge in [0.15, 0.2) is 17.5 Å². The molecule has 0 aliphatic heterocycles. The Morgan fingerprint density at radius 3 is 2.00 bits per heavy atom. The molecule has 0 bridgehead atoms. The van der Waals surface area contributed by atoms with Crippen LogP contribution in [0.1, 0.15) is 29.3 Å². The molecule has 0 aromatic heterocycles. The lowest BCUT2D eigenvalue weighted by molar-refractivity contribution is 0.0835. The minimum Gasteiger partial charge on any atom is -0.255 e. The Morgan fingerprint density at radius 2 is 1.45 bits per heavy atom. The second-order valence-electron chi connectivity index (χ2n) is 6.06. The van der Waals surface area contributed by atoms with Crippen molar-refractivity contribution in [1.82, 2.24) is 0 Å². The van der Waals surface area contributed by atoms with Crippen molar-refractivity contribution in [3.63, 3.8) is 0 Å². The van der Waals surface area contributed by atoms with E-state index in [1.165, 1.54) is 42.5 Å². The molecule has 0 saturated heterocycles. The van der Waals surface area contributed by atoms with Crippen LogP contribution in [0.25, 0.3) is 11.1 Å². The lowest BCUT2D eigenvalue weighted by Crippen LogP contribution is -1.96. The molecule has 0 aliphatic carbocycles. The highest BCUT2D eigenvalue weighted by molar-refractivity contribution is 5.89. The normalized spacial score (nSPS) is 10.3. The Labute approximate surface area is 163 Å². The summed E-state index contributed by atoms with van der Waals surface area (Å²) in [6.07, 6.45) is 1.14. The first-order chi connectivity index (χ1) is 13.7. The van der Waals surface area contributed by atoms with Crippen LogP contribution in [0.3, 0.4) is 0 Å². The van der Waals surface area contributed by atoms with Crippen LogP contribution in [0.5, 0.6) is 0 Å². The van der Waals surface area contributed by atoms with E-state index in [4.69, 9.17) is 0 Å². The fourth-order valence-electron chi connectivity index (χ4n) is 2.53. The Morgan fingerprint density at radius 1 is 0.793 bits per heavy atom. The van der Waals surface area contributed by atoms with Crippen molar-refractivity contribution in [2.45, 2.75) is 19.8 Å². The molecule has 0 atom stereocenters. The summed E-state index contributed by atoms with van der Waals surface area (Å²) in [5.41, 5.74) is 0.543. The number of carbonyl (C=O) groups is 1. The lowest BCUT2D eigenvalue weighted by Gasteiger charge is -2.04. The maximum absolute atomic E-state index is 13.6. The number of benzene rings is 3. The lowest BCUT2D eigenvalue weighted by atomic mass is 10.0. The second kappa shape index (κ2) is 9.91. The Bertz CT molecular complexity index is 999. The van der Waals surface area contributed by atoms with Crippen LogP contribution in [0.2, 0.25) is 0 Å². The molecule has 0 spiro atoms. The summed E-state index contributed by atoms with van der Waals surface area (Å²) in [5.74, 6) is -4.71. The van der Waals surface area contributed by atoms with E-state index in [0.717, 1.165) is 12.1 Å². The van der Waals surface area contributed by atoms with Gasteiger partial charge in [-0.2, -0.15) is 4.39 Å². The zero-order chi connectivity index (χ0) is 21.6. The third-order valence-electron chi connectivity index (χ3n) is 3.99. The van der Waals surface area contributed by atoms with Gasteiger partial charge in [0.25, 0.3) is 0 Å². The Hall–Kier alpha value is -3.09. The van der Waals surface area contributed by atoms with Crippen molar-refractivity contribution in [3.8, 4) is 11.1 Å². The molecule has 0 radical (unpaired) electrons. The van der Waals surface area contributed by atoms with Crippen LogP contribution in [0, 0.1) is 29.1 Å². The van der Waals surface area contributed by atoms with Gasteiger partial charge < -0.3 is 0 Å². The predicted molar refractivity (Wildman–Crippen MR) is 97.5 cm³/mol. The fraction of sp³-hybridized carbons (Fsp3) is 0.136. The van der Waals surface area contributed by atoms with Crippen LogP contribution in [-0.2, 0) is 6.42 Å². The minimum absolute atomic E-state index is 0.190. The molecular formula is C22H16F6O. The molecule has 0 fully saturated rings. The first-order valence-electron chi connectivity index (χ1n) is 8.62. The fourth-order valence-corrected chi connectivity index (χ4v) is 2.53. The zero-order valence-electron chi connectivity index (χ0n) is 15.3. The van der Waals surface area contributed by atoms with Crippen LogP contribution in [0.4, 0.5) is 26.3 Å². The number of hydrogen-bond donors (Lipinski definition) is 0. The standard InChI is InChI=1S/C13H7F3O.C9H9F3/c14-10-4-1-8(2-5-10)11-6-3-9(13(16)17)7-12(11)15;1-2-3-6-4-5-7(10)9(12)8(6)11/h1-7H;4-5H,2-3H2,1H3. The summed E-state index contributed by atoms with van der Waals surface area (Å²) >= 11 is 0. The smallest absolute Gasteiger partial charge is 0.255 e. The van der Waals surface area contributed by atoms with Crippen molar-refractivity contribution < 1.29 is 31.1 Å². The maximum atomic E-state index is 13.6. The molecule has 29 heavy (non-hydrogen) atoms. The van der Waals surface area contributed by atoms with Crippen molar-refractivity contribution in [2.75, 3.05) is 0 Å². The predicted octanol–water partition coefficient (Wildman–Crippen LogP) is 6.80. The third-order valence-corrected chi connectivity index (χ3v) is 3.99. The van der Waals surface area contributed by atoms with Gasteiger partial charge >= 0.3 is 6.04 Å². The molecule has 0 aliphatic rings. The van der Waals surface area contributed by atoms with Crippen molar-refractivity contribution in [2.24, 2.45) is 0 Å². The summed E-state index contributed by atoms with van der Waals surface area (Å²) < 4.78 is 76.4. The summed E-state index contributed by atoms with van der Waals surface area (Å²) in [6.45, 7) is 1.85. The molecule has 3 rings (SSSR count). The van der Waals surface area contributed by atoms with Crippen molar-refractivity contribution >= 4 is 6.04 Å². The molecule has 3 aromatic carbocycles. The van der Waals surface area contributed by atoms with Crippen molar-refractivity contribution in [3.05, 3.63) is 94.8 Å². The van der Waals surface area contributed by atoms with Gasteiger partial charge in [0.2, 0.25) is 0 Å². The third kappa shape index (κ3) is 5.70. The van der Waals surface area contributed by atoms with Gasteiger partial charge in [-0.25, -0.2) is 22.0 Å². The van der Waals surface area contributed by atoms with E-state index >= 15 is 0 Å². The van der Waals surface area contributed by atoms with E-state index < -0.39 is 35.1 Å². The molecular weight excluding hydrogens is 394 g/mol. The molecule has 7 heteroatoms. The highest BCUT2D eigenvalue weighted by Gasteiger charge is 2.12. The van der Waals surface area contributed by atoms with E-state index in [2.05, 4.69) is 0 Å². The largest absolute Gasteiger partial charge is 0.332 e. The number of halogens is 6.